The average molecular weight is 202 g/mol. The zero-order valence-electron chi connectivity index (χ0n) is 9.05. The summed E-state index contributed by atoms with van der Waals surface area (Å²) in [4.78, 5) is 22.0. The Labute approximate surface area is 83.7 Å². The first-order valence-corrected chi connectivity index (χ1v) is 4.39. The lowest BCUT2D eigenvalue weighted by Crippen LogP contribution is -2.58. The molecule has 0 aromatic rings. The summed E-state index contributed by atoms with van der Waals surface area (Å²) in [6, 6.07) is 0. The average Bonchev–Trinajstić information content (AvgIpc) is 2.02. The molecule has 0 bridgehead atoms. The summed E-state index contributed by atoms with van der Waals surface area (Å²) >= 11 is 0. The van der Waals surface area contributed by atoms with E-state index in [0.29, 0.717) is 0 Å². The number of nitrogens with two attached hydrogens (primary N) is 1. The number of carbonyl (C=O) groups excluding carboxylic acids is 1. The molecule has 0 unspecified atom stereocenters. The van der Waals surface area contributed by atoms with Gasteiger partial charge in [0.1, 0.15) is 0 Å². The van der Waals surface area contributed by atoms with Gasteiger partial charge < -0.3 is 16.2 Å². The number of amides is 1. The van der Waals surface area contributed by atoms with Crippen LogP contribution in [0.1, 0.15) is 27.7 Å². The minimum absolute atomic E-state index is 0.140. The molecule has 0 heterocycles. The molecule has 0 saturated heterocycles. The van der Waals surface area contributed by atoms with Gasteiger partial charge in [0.2, 0.25) is 5.91 Å². The van der Waals surface area contributed by atoms with Gasteiger partial charge in [-0.05, 0) is 27.7 Å². The van der Waals surface area contributed by atoms with Crippen molar-refractivity contribution in [3.8, 4) is 0 Å². The van der Waals surface area contributed by atoms with Crippen molar-refractivity contribution >= 4 is 11.9 Å². The van der Waals surface area contributed by atoms with Crippen molar-refractivity contribution in [2.45, 2.75) is 33.2 Å². The number of carboxylic acids is 1. The molecule has 0 aliphatic heterocycles. The van der Waals surface area contributed by atoms with E-state index in [0.717, 1.165) is 0 Å². The van der Waals surface area contributed by atoms with Crippen LogP contribution in [0.5, 0.6) is 0 Å². The number of rotatable bonds is 4. The number of carboxylic acid groups (broad SMARTS) is 1. The summed E-state index contributed by atoms with van der Waals surface area (Å²) in [5.74, 6) is -1.32. The third-order valence-electron chi connectivity index (χ3n) is 2.73. The SMILES string of the molecule is CC(C)(NC(=O)CN)C(C)(C)C(=O)O. The van der Waals surface area contributed by atoms with Gasteiger partial charge in [0.15, 0.2) is 0 Å². The lowest BCUT2D eigenvalue weighted by atomic mass is 9.74. The van der Waals surface area contributed by atoms with Gasteiger partial charge in [-0.2, -0.15) is 0 Å². The first kappa shape index (κ1) is 12.9. The molecular weight excluding hydrogens is 184 g/mol. The van der Waals surface area contributed by atoms with Gasteiger partial charge in [0.05, 0.1) is 17.5 Å². The molecule has 0 fully saturated rings. The second-order valence-corrected chi connectivity index (χ2v) is 4.31. The molecule has 5 nitrogen and oxygen atoms in total. The molecule has 1 amide bonds. The Balaban J connectivity index is 4.77. The van der Waals surface area contributed by atoms with Crippen LogP contribution in [0.4, 0.5) is 0 Å². The van der Waals surface area contributed by atoms with Crippen molar-refractivity contribution in [2.24, 2.45) is 11.1 Å². The Kier molecular flexibility index (Phi) is 3.65. The number of aliphatic carboxylic acids is 1. The van der Waals surface area contributed by atoms with Crippen LogP contribution in [0.3, 0.4) is 0 Å². The van der Waals surface area contributed by atoms with Crippen LogP contribution < -0.4 is 11.1 Å². The Morgan fingerprint density at radius 1 is 1.29 bits per heavy atom. The van der Waals surface area contributed by atoms with Crippen molar-refractivity contribution in [3.63, 3.8) is 0 Å². The Morgan fingerprint density at radius 2 is 1.71 bits per heavy atom. The highest BCUT2D eigenvalue weighted by Gasteiger charge is 2.44. The molecule has 4 N–H and O–H groups in total. The maximum absolute atomic E-state index is 11.1. The van der Waals surface area contributed by atoms with Crippen LogP contribution in [-0.4, -0.2) is 29.1 Å². The lowest BCUT2D eigenvalue weighted by Gasteiger charge is -2.38. The monoisotopic (exact) mass is 202 g/mol. The molecule has 0 radical (unpaired) electrons. The zero-order chi connectivity index (χ0) is 11.6. The van der Waals surface area contributed by atoms with Gasteiger partial charge in [-0.3, -0.25) is 9.59 Å². The van der Waals surface area contributed by atoms with Crippen molar-refractivity contribution < 1.29 is 14.7 Å². The van der Waals surface area contributed by atoms with Gasteiger partial charge in [-0.25, -0.2) is 0 Å². The standard InChI is InChI=1S/C9H18N2O3/c1-8(2,7(13)14)9(3,4)11-6(12)5-10/h5,10H2,1-4H3,(H,11,12)(H,13,14). The number of hydrogen-bond acceptors (Lipinski definition) is 3. The van der Waals surface area contributed by atoms with E-state index >= 15 is 0 Å². The molecule has 0 aliphatic rings. The molecule has 0 aromatic carbocycles. The number of hydrogen-bond donors (Lipinski definition) is 3. The second-order valence-electron chi connectivity index (χ2n) is 4.31. The summed E-state index contributed by atoms with van der Waals surface area (Å²) in [6.45, 7) is 6.31. The first-order chi connectivity index (χ1) is 6.15. The van der Waals surface area contributed by atoms with Crippen LogP contribution in [0.15, 0.2) is 0 Å². The molecule has 14 heavy (non-hydrogen) atoms. The van der Waals surface area contributed by atoms with Gasteiger partial charge in [-0.15, -0.1) is 0 Å². The molecule has 0 saturated carbocycles. The Hall–Kier alpha value is -1.10. The quantitative estimate of drug-likeness (QED) is 0.596. The molecule has 0 aliphatic carbocycles. The van der Waals surface area contributed by atoms with Gasteiger partial charge in [0, 0.05) is 0 Å². The smallest absolute Gasteiger partial charge is 0.311 e. The molecule has 0 rings (SSSR count). The summed E-state index contributed by atoms with van der Waals surface area (Å²) in [5, 5.41) is 11.6. The van der Waals surface area contributed by atoms with Crippen molar-refractivity contribution in [1.82, 2.24) is 5.32 Å². The zero-order valence-corrected chi connectivity index (χ0v) is 9.05. The van der Waals surface area contributed by atoms with E-state index in [9.17, 15) is 9.59 Å². The van der Waals surface area contributed by atoms with Gasteiger partial charge in [0.25, 0.3) is 0 Å². The predicted octanol–water partition coefficient (Wildman–Crippen LogP) is -0.0493. The van der Waals surface area contributed by atoms with E-state index in [4.69, 9.17) is 10.8 Å². The van der Waals surface area contributed by atoms with E-state index < -0.39 is 16.9 Å². The van der Waals surface area contributed by atoms with E-state index in [2.05, 4.69) is 5.32 Å². The van der Waals surface area contributed by atoms with Crippen LogP contribution in [0, 0.1) is 5.41 Å². The van der Waals surface area contributed by atoms with Crippen LogP contribution >= 0.6 is 0 Å². The summed E-state index contributed by atoms with van der Waals surface area (Å²) in [5.41, 5.74) is 3.26. The number of carbonyl (C=O) groups is 2. The lowest BCUT2D eigenvalue weighted by molar-refractivity contribution is -0.151. The molecule has 82 valence electrons. The fourth-order valence-corrected chi connectivity index (χ4v) is 0.823. The maximum Gasteiger partial charge on any atom is 0.311 e. The van der Waals surface area contributed by atoms with E-state index in [-0.39, 0.29) is 12.5 Å². The van der Waals surface area contributed by atoms with Gasteiger partial charge >= 0.3 is 5.97 Å². The second kappa shape index (κ2) is 3.96. The minimum atomic E-state index is -1.04. The third-order valence-corrected chi connectivity index (χ3v) is 2.73. The molecule has 0 spiro atoms. The van der Waals surface area contributed by atoms with Crippen molar-refractivity contribution in [1.29, 1.82) is 0 Å². The normalized spacial score (nSPS) is 12.4. The van der Waals surface area contributed by atoms with E-state index in [1.165, 1.54) is 0 Å². The van der Waals surface area contributed by atoms with E-state index in [1.54, 1.807) is 27.7 Å². The fraction of sp³-hybridized carbons (Fsp3) is 0.778. The topological polar surface area (TPSA) is 92.4 Å². The van der Waals surface area contributed by atoms with Crippen LogP contribution in [0.2, 0.25) is 0 Å². The van der Waals surface area contributed by atoms with E-state index in [1.807, 2.05) is 0 Å². The van der Waals surface area contributed by atoms with Gasteiger partial charge in [-0.1, -0.05) is 0 Å². The molecule has 5 heteroatoms. The fourth-order valence-electron chi connectivity index (χ4n) is 0.823. The summed E-state index contributed by atoms with van der Waals surface area (Å²) < 4.78 is 0. The van der Waals surface area contributed by atoms with Crippen molar-refractivity contribution in [3.05, 3.63) is 0 Å². The highest BCUT2D eigenvalue weighted by molar-refractivity contribution is 5.81. The largest absolute Gasteiger partial charge is 0.481 e. The summed E-state index contributed by atoms with van der Waals surface area (Å²) in [7, 11) is 0. The van der Waals surface area contributed by atoms with Crippen LogP contribution in [0.25, 0.3) is 0 Å². The molecule has 0 aromatic heterocycles. The van der Waals surface area contributed by atoms with Crippen molar-refractivity contribution in [2.75, 3.05) is 6.54 Å². The first-order valence-electron chi connectivity index (χ1n) is 4.39. The van der Waals surface area contributed by atoms with Crippen LogP contribution in [-0.2, 0) is 9.59 Å². The maximum atomic E-state index is 11.1. The number of nitrogens with one attached hydrogen (secondary N) is 1. The third kappa shape index (κ3) is 2.45. The Bertz CT molecular complexity index is 246. The molecular formula is C9H18N2O3. The molecule has 0 atom stereocenters. The highest BCUT2D eigenvalue weighted by atomic mass is 16.4. The highest BCUT2D eigenvalue weighted by Crippen LogP contribution is 2.30. The summed E-state index contributed by atoms with van der Waals surface area (Å²) in [6.07, 6.45) is 0. The Morgan fingerprint density at radius 3 is 2.00 bits per heavy atom. The predicted molar refractivity (Wildman–Crippen MR) is 52.7 cm³/mol. The minimum Gasteiger partial charge on any atom is -0.481 e.